The summed E-state index contributed by atoms with van der Waals surface area (Å²) in [6.45, 7) is 0.449. The van der Waals surface area contributed by atoms with Gasteiger partial charge in [-0.25, -0.2) is 4.79 Å². The van der Waals surface area contributed by atoms with Gasteiger partial charge in [0.25, 0.3) is 0 Å². The molecule has 1 aromatic heterocycles. The Hall–Kier alpha value is -2.14. The summed E-state index contributed by atoms with van der Waals surface area (Å²) in [4.78, 5) is 23.0. The zero-order valence-corrected chi connectivity index (χ0v) is 11.9. The molecule has 104 valence electrons. The molecular weight excluding hydrogens is 274 g/mol. The Morgan fingerprint density at radius 2 is 1.90 bits per heavy atom. The molecule has 0 atom stereocenters. The first kappa shape index (κ1) is 14.3. The van der Waals surface area contributed by atoms with Gasteiger partial charge in [0, 0.05) is 6.54 Å². The lowest BCUT2D eigenvalue weighted by Gasteiger charge is -2.05. The average Bonchev–Trinajstić information content (AvgIpc) is 2.97. The molecule has 0 bridgehead atoms. The highest BCUT2D eigenvalue weighted by Crippen LogP contribution is 2.08. The van der Waals surface area contributed by atoms with Crippen molar-refractivity contribution in [3.63, 3.8) is 0 Å². The molecule has 1 aromatic carbocycles. The summed E-state index contributed by atoms with van der Waals surface area (Å²) in [5.41, 5.74) is 2.46. The molecule has 0 aliphatic carbocycles. The molecule has 0 unspecified atom stereocenters. The molecule has 2 aromatic rings. The van der Waals surface area contributed by atoms with Crippen LogP contribution in [0.4, 0.5) is 0 Å². The van der Waals surface area contributed by atoms with Gasteiger partial charge in [-0.15, -0.1) is 0 Å². The maximum Gasteiger partial charge on any atom is 0.337 e. The van der Waals surface area contributed by atoms with Gasteiger partial charge >= 0.3 is 5.97 Å². The molecule has 0 saturated heterocycles. The summed E-state index contributed by atoms with van der Waals surface area (Å²) in [7, 11) is 1.35. The van der Waals surface area contributed by atoms with Crippen LogP contribution < -0.4 is 5.32 Å². The molecule has 1 N–H and O–H groups in total. The average molecular weight is 289 g/mol. The van der Waals surface area contributed by atoms with E-state index in [1.54, 1.807) is 35.6 Å². The Bertz CT molecular complexity index is 576. The molecule has 2 rings (SSSR count). The van der Waals surface area contributed by atoms with E-state index in [-0.39, 0.29) is 11.9 Å². The van der Waals surface area contributed by atoms with E-state index in [0.29, 0.717) is 18.5 Å². The van der Waals surface area contributed by atoms with E-state index in [1.807, 2.05) is 16.8 Å². The number of hydrogen-bond donors (Lipinski definition) is 1. The van der Waals surface area contributed by atoms with Crippen LogP contribution in [0.3, 0.4) is 0 Å². The number of methoxy groups -OCH3 is 1. The second-order valence-corrected chi connectivity index (χ2v) is 5.05. The van der Waals surface area contributed by atoms with Crippen molar-refractivity contribution in [2.45, 2.75) is 13.0 Å². The Balaban J connectivity index is 1.84. The highest BCUT2D eigenvalue weighted by molar-refractivity contribution is 7.07. The van der Waals surface area contributed by atoms with Gasteiger partial charge < -0.3 is 10.1 Å². The van der Waals surface area contributed by atoms with Crippen LogP contribution in [0.25, 0.3) is 0 Å². The molecule has 0 spiro atoms. The third kappa shape index (κ3) is 3.93. The molecule has 0 aliphatic heterocycles. The summed E-state index contributed by atoms with van der Waals surface area (Å²) in [6.07, 6.45) is 0.393. The predicted octanol–water partition coefficient (Wildman–Crippen LogP) is 2.39. The fourth-order valence-electron chi connectivity index (χ4n) is 1.72. The van der Waals surface area contributed by atoms with Crippen LogP contribution in [0.15, 0.2) is 41.1 Å². The number of carbonyl (C=O) groups is 2. The maximum atomic E-state index is 11.7. The molecular formula is C15H15NO3S. The van der Waals surface area contributed by atoms with Crippen LogP contribution in [-0.2, 0) is 22.5 Å². The minimum Gasteiger partial charge on any atom is -0.465 e. The van der Waals surface area contributed by atoms with E-state index in [1.165, 1.54) is 7.11 Å². The van der Waals surface area contributed by atoms with Crippen molar-refractivity contribution in [2.24, 2.45) is 0 Å². The van der Waals surface area contributed by atoms with Crippen LogP contribution in [0.1, 0.15) is 21.5 Å². The van der Waals surface area contributed by atoms with Gasteiger partial charge in [0.05, 0.1) is 19.1 Å². The maximum absolute atomic E-state index is 11.7. The first-order valence-electron chi connectivity index (χ1n) is 6.14. The van der Waals surface area contributed by atoms with E-state index >= 15 is 0 Å². The van der Waals surface area contributed by atoms with Crippen molar-refractivity contribution < 1.29 is 14.3 Å². The SMILES string of the molecule is COC(=O)c1ccc(CNC(=O)Cc2ccsc2)cc1. The molecule has 20 heavy (non-hydrogen) atoms. The van der Waals surface area contributed by atoms with Crippen molar-refractivity contribution >= 4 is 23.2 Å². The molecule has 5 heteroatoms. The van der Waals surface area contributed by atoms with Gasteiger partial charge in [0.15, 0.2) is 0 Å². The van der Waals surface area contributed by atoms with Crippen molar-refractivity contribution in [1.82, 2.24) is 5.32 Å². The van der Waals surface area contributed by atoms with Crippen molar-refractivity contribution in [1.29, 1.82) is 0 Å². The van der Waals surface area contributed by atoms with E-state index in [2.05, 4.69) is 10.1 Å². The summed E-state index contributed by atoms with van der Waals surface area (Å²) in [5.74, 6) is -0.376. The lowest BCUT2D eigenvalue weighted by atomic mass is 10.1. The van der Waals surface area contributed by atoms with E-state index < -0.39 is 0 Å². The van der Waals surface area contributed by atoms with Crippen molar-refractivity contribution in [3.8, 4) is 0 Å². The second kappa shape index (κ2) is 6.86. The molecule has 1 heterocycles. The number of nitrogens with one attached hydrogen (secondary N) is 1. The summed E-state index contributed by atoms with van der Waals surface area (Å²) in [6, 6.07) is 8.92. The summed E-state index contributed by atoms with van der Waals surface area (Å²) in [5, 5.41) is 6.76. The zero-order valence-electron chi connectivity index (χ0n) is 11.1. The van der Waals surface area contributed by atoms with Crippen LogP contribution in [-0.4, -0.2) is 19.0 Å². The summed E-state index contributed by atoms with van der Waals surface area (Å²) >= 11 is 1.58. The third-order valence-corrected chi connectivity index (χ3v) is 3.54. The summed E-state index contributed by atoms with van der Waals surface area (Å²) < 4.78 is 4.63. The zero-order chi connectivity index (χ0) is 14.4. The van der Waals surface area contributed by atoms with Crippen molar-refractivity contribution in [3.05, 3.63) is 57.8 Å². The number of hydrogen-bond acceptors (Lipinski definition) is 4. The smallest absolute Gasteiger partial charge is 0.337 e. The van der Waals surface area contributed by atoms with Gasteiger partial charge in [-0.1, -0.05) is 12.1 Å². The van der Waals surface area contributed by atoms with Gasteiger partial charge in [-0.3, -0.25) is 4.79 Å². The highest BCUT2D eigenvalue weighted by Gasteiger charge is 2.06. The Morgan fingerprint density at radius 3 is 2.50 bits per heavy atom. The minimum atomic E-state index is -0.363. The predicted molar refractivity (Wildman–Crippen MR) is 77.7 cm³/mol. The van der Waals surface area contributed by atoms with Crippen LogP contribution in [0.2, 0.25) is 0 Å². The van der Waals surface area contributed by atoms with Gasteiger partial charge in [-0.2, -0.15) is 11.3 Å². The molecule has 4 nitrogen and oxygen atoms in total. The normalized spacial score (nSPS) is 10.1. The topological polar surface area (TPSA) is 55.4 Å². The molecule has 1 amide bonds. The highest BCUT2D eigenvalue weighted by atomic mass is 32.1. The Kier molecular flexibility index (Phi) is 4.90. The van der Waals surface area contributed by atoms with Crippen LogP contribution in [0, 0.1) is 0 Å². The lowest BCUT2D eigenvalue weighted by molar-refractivity contribution is -0.120. The second-order valence-electron chi connectivity index (χ2n) is 4.27. The largest absolute Gasteiger partial charge is 0.465 e. The Labute approximate surface area is 121 Å². The number of esters is 1. The van der Waals surface area contributed by atoms with Gasteiger partial charge in [-0.05, 0) is 40.1 Å². The van der Waals surface area contributed by atoms with E-state index in [9.17, 15) is 9.59 Å². The number of amides is 1. The molecule has 0 fully saturated rings. The van der Waals surface area contributed by atoms with Crippen molar-refractivity contribution in [2.75, 3.05) is 7.11 Å². The van der Waals surface area contributed by atoms with E-state index in [0.717, 1.165) is 11.1 Å². The van der Waals surface area contributed by atoms with Crippen LogP contribution in [0.5, 0.6) is 0 Å². The first-order chi connectivity index (χ1) is 9.69. The monoisotopic (exact) mass is 289 g/mol. The number of benzene rings is 1. The molecule has 0 aliphatic rings. The Morgan fingerprint density at radius 1 is 1.15 bits per heavy atom. The number of thiophene rings is 1. The molecule has 0 radical (unpaired) electrons. The minimum absolute atomic E-state index is 0.0135. The molecule has 0 saturated carbocycles. The number of ether oxygens (including phenoxy) is 1. The van der Waals surface area contributed by atoms with Gasteiger partial charge in [0.1, 0.15) is 0 Å². The first-order valence-corrected chi connectivity index (χ1v) is 7.08. The number of carbonyl (C=O) groups excluding carboxylic acids is 2. The van der Waals surface area contributed by atoms with E-state index in [4.69, 9.17) is 0 Å². The quantitative estimate of drug-likeness (QED) is 0.860. The standard InChI is InChI=1S/C15H15NO3S/c1-19-15(18)13-4-2-11(3-5-13)9-16-14(17)8-12-6-7-20-10-12/h2-7,10H,8-9H2,1H3,(H,16,17). The lowest BCUT2D eigenvalue weighted by Crippen LogP contribution is -2.24. The van der Waals surface area contributed by atoms with Crippen LogP contribution >= 0.6 is 11.3 Å². The third-order valence-electron chi connectivity index (χ3n) is 2.81. The number of rotatable bonds is 5. The van der Waals surface area contributed by atoms with Gasteiger partial charge in [0.2, 0.25) is 5.91 Å². The fourth-order valence-corrected chi connectivity index (χ4v) is 2.39. The fraction of sp³-hybridized carbons (Fsp3) is 0.200.